The Hall–Kier alpha value is -5.14. The summed E-state index contributed by atoms with van der Waals surface area (Å²) in [6, 6.07) is 14.3. The SMILES string of the molecule is O=C(O)c1ccc(Oc2ccc(C(c3ccc(Oc4ccc(C(=O)O)cc4)cc3)(C(F)(F)F)C(F)(F)C(F)(F)F)cc2)cc1. The van der Waals surface area contributed by atoms with Crippen molar-refractivity contribution >= 4 is 11.9 Å². The third kappa shape index (κ3) is 5.87. The Balaban J connectivity index is 1.76. The predicted molar refractivity (Wildman–Crippen MR) is 138 cm³/mol. The van der Waals surface area contributed by atoms with Gasteiger partial charge in [-0.1, -0.05) is 24.3 Å². The highest BCUT2D eigenvalue weighted by molar-refractivity contribution is 5.88. The molecule has 0 aliphatic heterocycles. The molecular weight excluding hydrogens is 608 g/mol. The van der Waals surface area contributed by atoms with E-state index in [1.54, 1.807) is 0 Å². The second-order valence-electron chi connectivity index (χ2n) is 9.23. The van der Waals surface area contributed by atoms with Crippen molar-refractivity contribution in [1.82, 2.24) is 0 Å². The van der Waals surface area contributed by atoms with Gasteiger partial charge in [-0.25, -0.2) is 9.59 Å². The minimum absolute atomic E-state index is 0.0126. The lowest BCUT2D eigenvalue weighted by Crippen LogP contribution is -2.62. The predicted octanol–water partition coefficient (Wildman–Crippen LogP) is 8.71. The molecule has 0 unspecified atom stereocenters. The molecule has 4 rings (SSSR count). The number of carboxylic acid groups (broad SMARTS) is 2. The summed E-state index contributed by atoms with van der Waals surface area (Å²) in [5, 5.41) is 17.9. The number of aromatic carboxylic acids is 2. The molecule has 0 aliphatic rings. The van der Waals surface area contributed by atoms with Crippen LogP contribution < -0.4 is 9.47 Å². The van der Waals surface area contributed by atoms with Gasteiger partial charge in [-0.3, -0.25) is 0 Å². The number of alkyl halides is 8. The average molecular weight is 626 g/mol. The van der Waals surface area contributed by atoms with Crippen molar-refractivity contribution in [2.75, 3.05) is 0 Å². The van der Waals surface area contributed by atoms with Gasteiger partial charge in [-0.15, -0.1) is 0 Å². The molecule has 44 heavy (non-hydrogen) atoms. The summed E-state index contributed by atoms with van der Waals surface area (Å²) in [7, 11) is 0. The molecule has 0 saturated heterocycles. The number of carbonyl (C=O) groups is 2. The van der Waals surface area contributed by atoms with Crippen LogP contribution in [0, 0.1) is 0 Å². The van der Waals surface area contributed by atoms with Crippen LogP contribution >= 0.6 is 0 Å². The summed E-state index contributed by atoms with van der Waals surface area (Å²) in [6.07, 6.45) is -12.8. The number of ether oxygens (including phenoxy) is 2. The number of hydrogen-bond acceptors (Lipinski definition) is 4. The van der Waals surface area contributed by atoms with E-state index in [2.05, 4.69) is 0 Å². The lowest BCUT2D eigenvalue weighted by atomic mass is 9.68. The van der Waals surface area contributed by atoms with Gasteiger partial charge < -0.3 is 19.7 Å². The molecule has 0 saturated carbocycles. The molecule has 0 atom stereocenters. The van der Waals surface area contributed by atoms with Crippen LogP contribution in [0.1, 0.15) is 31.8 Å². The number of carboxylic acids is 2. The van der Waals surface area contributed by atoms with Crippen LogP contribution in [0.15, 0.2) is 97.1 Å². The zero-order valence-electron chi connectivity index (χ0n) is 21.8. The third-order valence-electron chi connectivity index (χ3n) is 6.50. The van der Waals surface area contributed by atoms with Crippen LogP contribution in [-0.2, 0) is 5.41 Å². The first-order chi connectivity index (χ1) is 20.5. The Morgan fingerprint density at radius 2 is 0.727 bits per heavy atom. The first-order valence-corrected chi connectivity index (χ1v) is 12.2. The molecule has 0 heterocycles. The minimum Gasteiger partial charge on any atom is -0.478 e. The Labute approximate surface area is 242 Å². The molecule has 14 heteroatoms. The van der Waals surface area contributed by atoms with Crippen LogP contribution in [0.5, 0.6) is 23.0 Å². The summed E-state index contributed by atoms with van der Waals surface area (Å²) in [5.41, 5.74) is -8.02. The average Bonchev–Trinajstić information content (AvgIpc) is 2.94. The van der Waals surface area contributed by atoms with E-state index in [1.165, 1.54) is 24.3 Å². The van der Waals surface area contributed by atoms with Crippen LogP contribution in [0.3, 0.4) is 0 Å². The van der Waals surface area contributed by atoms with E-state index < -0.39 is 46.8 Å². The summed E-state index contributed by atoms with van der Waals surface area (Å²) in [6.45, 7) is 0. The normalized spacial score (nSPS) is 12.5. The molecule has 6 nitrogen and oxygen atoms in total. The van der Waals surface area contributed by atoms with Gasteiger partial charge in [0.2, 0.25) is 0 Å². The van der Waals surface area contributed by atoms with Crippen molar-refractivity contribution < 1.29 is 64.4 Å². The second-order valence-corrected chi connectivity index (χ2v) is 9.23. The van der Waals surface area contributed by atoms with Crippen molar-refractivity contribution in [3.8, 4) is 23.0 Å². The largest absolute Gasteiger partial charge is 0.478 e. The van der Waals surface area contributed by atoms with Crippen LogP contribution in [0.25, 0.3) is 0 Å². The van der Waals surface area contributed by atoms with Crippen molar-refractivity contribution in [1.29, 1.82) is 0 Å². The highest BCUT2D eigenvalue weighted by Crippen LogP contribution is 2.60. The van der Waals surface area contributed by atoms with E-state index in [0.29, 0.717) is 24.3 Å². The van der Waals surface area contributed by atoms with Crippen molar-refractivity contribution in [3.05, 3.63) is 119 Å². The van der Waals surface area contributed by atoms with Gasteiger partial charge in [0.15, 0.2) is 5.41 Å². The quantitative estimate of drug-likeness (QED) is 0.181. The van der Waals surface area contributed by atoms with Gasteiger partial charge in [0.25, 0.3) is 0 Å². The molecule has 4 aromatic carbocycles. The van der Waals surface area contributed by atoms with E-state index in [1.807, 2.05) is 0 Å². The van der Waals surface area contributed by atoms with E-state index in [-0.39, 0.29) is 34.1 Å². The Kier molecular flexibility index (Phi) is 8.31. The van der Waals surface area contributed by atoms with Crippen molar-refractivity contribution in [2.45, 2.75) is 23.7 Å². The third-order valence-corrected chi connectivity index (χ3v) is 6.50. The summed E-state index contributed by atoms with van der Waals surface area (Å²) in [5.74, 6) is -9.31. The standard InChI is InChI=1S/C30H18F8O6/c31-28(32,30(36,37)38)27(29(33,34)35,19-5-13-23(14-6-19)43-21-9-1-17(2-10-21)25(39)40)20-7-15-24(16-8-20)44-22-11-3-18(4-12-22)26(41)42/h1-16H,(H,39,40)(H,41,42). The maximum absolute atomic E-state index is 15.2. The number of hydrogen-bond donors (Lipinski definition) is 2. The molecule has 2 N–H and O–H groups in total. The van der Waals surface area contributed by atoms with Crippen molar-refractivity contribution in [2.24, 2.45) is 0 Å². The minimum atomic E-state index is -6.65. The molecule has 0 radical (unpaired) electrons. The first-order valence-electron chi connectivity index (χ1n) is 12.2. The fraction of sp³-hybridized carbons (Fsp3) is 0.133. The molecule has 0 aromatic heterocycles. The Morgan fingerprint density at radius 3 is 0.955 bits per heavy atom. The highest BCUT2D eigenvalue weighted by Gasteiger charge is 2.80. The fourth-order valence-corrected chi connectivity index (χ4v) is 4.40. The zero-order valence-corrected chi connectivity index (χ0v) is 21.8. The van der Waals surface area contributed by atoms with Gasteiger partial charge in [0.1, 0.15) is 23.0 Å². The molecule has 0 amide bonds. The smallest absolute Gasteiger partial charge is 0.454 e. The van der Waals surface area contributed by atoms with Crippen LogP contribution in [0.4, 0.5) is 35.1 Å². The maximum atomic E-state index is 15.2. The van der Waals surface area contributed by atoms with Gasteiger partial charge in [-0.2, -0.15) is 35.1 Å². The Bertz CT molecular complexity index is 1530. The number of rotatable bonds is 9. The molecule has 0 bridgehead atoms. The van der Waals surface area contributed by atoms with Gasteiger partial charge in [-0.05, 0) is 83.9 Å². The van der Waals surface area contributed by atoms with Crippen LogP contribution in [-0.4, -0.2) is 40.4 Å². The molecule has 0 aliphatic carbocycles. The monoisotopic (exact) mass is 626 g/mol. The molecule has 4 aromatic rings. The Morgan fingerprint density at radius 1 is 0.455 bits per heavy atom. The summed E-state index contributed by atoms with van der Waals surface area (Å²) >= 11 is 0. The lowest BCUT2D eigenvalue weighted by Gasteiger charge is -2.43. The first kappa shape index (κ1) is 31.8. The zero-order chi connectivity index (χ0) is 32.5. The van der Waals surface area contributed by atoms with E-state index in [4.69, 9.17) is 19.7 Å². The molecule has 0 spiro atoms. The number of benzene rings is 4. The van der Waals surface area contributed by atoms with Crippen molar-refractivity contribution in [3.63, 3.8) is 0 Å². The lowest BCUT2D eigenvalue weighted by molar-refractivity contribution is -0.348. The van der Waals surface area contributed by atoms with E-state index in [9.17, 15) is 35.9 Å². The topological polar surface area (TPSA) is 93.1 Å². The van der Waals surface area contributed by atoms with Gasteiger partial charge in [0, 0.05) is 0 Å². The fourth-order valence-electron chi connectivity index (χ4n) is 4.40. The van der Waals surface area contributed by atoms with Gasteiger partial charge in [0.05, 0.1) is 11.1 Å². The maximum Gasteiger partial charge on any atom is 0.454 e. The second kappa shape index (κ2) is 11.5. The molecule has 0 fully saturated rings. The summed E-state index contributed by atoms with van der Waals surface area (Å²) < 4.78 is 127. The van der Waals surface area contributed by atoms with E-state index >= 15 is 8.78 Å². The van der Waals surface area contributed by atoms with Crippen LogP contribution in [0.2, 0.25) is 0 Å². The summed E-state index contributed by atoms with van der Waals surface area (Å²) in [4.78, 5) is 22.0. The number of halogens is 8. The highest BCUT2D eigenvalue weighted by atomic mass is 19.4. The molecular formula is C30H18F8O6. The van der Waals surface area contributed by atoms with E-state index in [0.717, 1.165) is 48.5 Å². The molecule has 230 valence electrons. The van der Waals surface area contributed by atoms with Gasteiger partial charge >= 0.3 is 30.2 Å².